The Bertz CT molecular complexity index is 840. The average Bonchev–Trinajstić information content (AvgIpc) is 3.40. The predicted octanol–water partition coefficient (Wildman–Crippen LogP) is 6.56. The third-order valence-corrected chi connectivity index (χ3v) is 6.02. The summed E-state index contributed by atoms with van der Waals surface area (Å²) >= 11 is 1.49. The number of benzene rings is 2. The van der Waals surface area contributed by atoms with Crippen molar-refractivity contribution in [2.75, 3.05) is 17.1 Å². The van der Waals surface area contributed by atoms with Crippen molar-refractivity contribution in [3.05, 3.63) is 47.3 Å². The Kier molecular flexibility index (Phi) is 5.79. The number of ether oxygens (including phenoxy) is 1. The number of halogens is 3. The first kappa shape index (κ1) is 19.7. The van der Waals surface area contributed by atoms with Gasteiger partial charge in [0.2, 0.25) is 0 Å². The second-order valence-corrected chi connectivity index (χ2v) is 8.14. The van der Waals surface area contributed by atoms with Crippen LogP contribution in [0.3, 0.4) is 0 Å². The van der Waals surface area contributed by atoms with Crippen molar-refractivity contribution in [2.24, 2.45) is 0 Å². The highest BCUT2D eigenvalue weighted by Crippen LogP contribution is 2.53. The standard InChI is InChI=1S/C20H23F3N2OS/c1-4-7-20(8-9-20)27-25-18-16(26-3)11-14(22)17(23)19(18)24-15-6-5-12(2)10-13(15)21/h5-6,10-11,24-25H,4,7-9H2,1-3H3. The average molecular weight is 396 g/mol. The van der Waals surface area contributed by atoms with Gasteiger partial charge in [-0.15, -0.1) is 0 Å². The lowest BCUT2D eigenvalue weighted by Crippen LogP contribution is -2.09. The van der Waals surface area contributed by atoms with Crippen LogP contribution < -0.4 is 14.8 Å². The number of hydrogen-bond acceptors (Lipinski definition) is 4. The van der Waals surface area contributed by atoms with Crippen LogP contribution >= 0.6 is 11.9 Å². The van der Waals surface area contributed by atoms with Gasteiger partial charge in [0, 0.05) is 10.8 Å². The maximum Gasteiger partial charge on any atom is 0.184 e. The summed E-state index contributed by atoms with van der Waals surface area (Å²) in [6.07, 6.45) is 4.22. The monoisotopic (exact) mass is 396 g/mol. The third-order valence-electron chi connectivity index (χ3n) is 4.67. The van der Waals surface area contributed by atoms with Crippen LogP contribution in [0.5, 0.6) is 5.75 Å². The molecule has 2 aromatic rings. The Morgan fingerprint density at radius 3 is 2.44 bits per heavy atom. The molecule has 0 bridgehead atoms. The topological polar surface area (TPSA) is 33.3 Å². The molecule has 0 atom stereocenters. The fourth-order valence-corrected chi connectivity index (χ4v) is 4.13. The van der Waals surface area contributed by atoms with Crippen LogP contribution in [0.4, 0.5) is 30.2 Å². The minimum absolute atomic E-state index is 0.0647. The van der Waals surface area contributed by atoms with Crippen molar-refractivity contribution in [3.8, 4) is 5.75 Å². The van der Waals surface area contributed by atoms with E-state index in [1.807, 2.05) is 0 Å². The molecular weight excluding hydrogens is 373 g/mol. The summed E-state index contributed by atoms with van der Waals surface area (Å²) in [6.45, 7) is 3.87. The Balaban J connectivity index is 1.96. The highest BCUT2D eigenvalue weighted by atomic mass is 32.2. The third kappa shape index (κ3) is 4.29. The second kappa shape index (κ2) is 7.92. The van der Waals surface area contributed by atoms with Crippen molar-refractivity contribution in [1.29, 1.82) is 0 Å². The van der Waals surface area contributed by atoms with Gasteiger partial charge in [0.05, 0.1) is 12.8 Å². The van der Waals surface area contributed by atoms with Crippen molar-refractivity contribution in [1.82, 2.24) is 0 Å². The van der Waals surface area contributed by atoms with Crippen molar-refractivity contribution >= 4 is 29.0 Å². The Hall–Kier alpha value is -2.02. The van der Waals surface area contributed by atoms with E-state index < -0.39 is 17.5 Å². The van der Waals surface area contributed by atoms with Crippen molar-refractivity contribution in [3.63, 3.8) is 0 Å². The van der Waals surface area contributed by atoms with E-state index in [4.69, 9.17) is 4.74 Å². The van der Waals surface area contributed by atoms with Crippen LogP contribution in [0, 0.1) is 24.4 Å². The van der Waals surface area contributed by atoms with Crippen LogP contribution in [-0.2, 0) is 0 Å². The highest BCUT2D eigenvalue weighted by molar-refractivity contribution is 8.02. The van der Waals surface area contributed by atoms with Gasteiger partial charge in [-0.25, -0.2) is 13.2 Å². The first-order chi connectivity index (χ1) is 12.9. The van der Waals surface area contributed by atoms with Gasteiger partial charge < -0.3 is 14.8 Å². The lowest BCUT2D eigenvalue weighted by Gasteiger charge is -2.21. The van der Waals surface area contributed by atoms with Crippen LogP contribution in [0.1, 0.15) is 38.2 Å². The molecule has 0 spiro atoms. The molecule has 1 fully saturated rings. The maximum absolute atomic E-state index is 14.6. The molecule has 0 heterocycles. The Morgan fingerprint density at radius 2 is 1.85 bits per heavy atom. The molecule has 2 N–H and O–H groups in total. The van der Waals surface area contributed by atoms with Crippen LogP contribution in [-0.4, -0.2) is 11.9 Å². The van der Waals surface area contributed by atoms with Crippen molar-refractivity contribution < 1.29 is 17.9 Å². The summed E-state index contributed by atoms with van der Waals surface area (Å²) < 4.78 is 51.4. The first-order valence-corrected chi connectivity index (χ1v) is 9.74. The fourth-order valence-electron chi connectivity index (χ4n) is 3.00. The summed E-state index contributed by atoms with van der Waals surface area (Å²) in [4.78, 5) is 0. The molecular formula is C20H23F3N2OS. The molecule has 3 nitrogen and oxygen atoms in total. The zero-order chi connectivity index (χ0) is 19.6. The molecule has 0 amide bonds. The molecule has 0 saturated heterocycles. The number of aryl methyl sites for hydroxylation is 1. The summed E-state index contributed by atoms with van der Waals surface area (Å²) in [5.74, 6) is -2.53. The Morgan fingerprint density at radius 1 is 1.11 bits per heavy atom. The first-order valence-electron chi connectivity index (χ1n) is 8.92. The minimum Gasteiger partial charge on any atom is -0.494 e. The van der Waals surface area contributed by atoms with Gasteiger partial charge in [0.25, 0.3) is 0 Å². The number of rotatable bonds is 8. The Labute approximate surface area is 161 Å². The van der Waals surface area contributed by atoms with Crippen molar-refractivity contribution in [2.45, 2.75) is 44.3 Å². The largest absolute Gasteiger partial charge is 0.494 e. The SMILES string of the molecule is CCCC1(SNc2c(OC)cc(F)c(F)c2Nc2ccc(C)cc2F)CC1. The van der Waals surface area contributed by atoms with E-state index in [1.54, 1.807) is 13.0 Å². The molecule has 0 aromatic heterocycles. The molecule has 0 unspecified atom stereocenters. The molecule has 0 radical (unpaired) electrons. The second-order valence-electron chi connectivity index (χ2n) is 6.87. The zero-order valence-corrected chi connectivity index (χ0v) is 16.4. The lowest BCUT2D eigenvalue weighted by atomic mass is 10.2. The number of nitrogens with one attached hydrogen (secondary N) is 2. The highest BCUT2D eigenvalue weighted by Gasteiger charge is 2.43. The molecule has 7 heteroatoms. The number of methoxy groups -OCH3 is 1. The fraction of sp³-hybridized carbons (Fsp3) is 0.400. The summed E-state index contributed by atoms with van der Waals surface area (Å²) in [7, 11) is 1.39. The predicted molar refractivity (Wildman–Crippen MR) is 105 cm³/mol. The van der Waals surface area contributed by atoms with E-state index in [9.17, 15) is 13.2 Å². The van der Waals surface area contributed by atoms with E-state index in [2.05, 4.69) is 17.0 Å². The van der Waals surface area contributed by atoms with Crippen LogP contribution in [0.15, 0.2) is 24.3 Å². The van der Waals surface area contributed by atoms with Gasteiger partial charge in [-0.1, -0.05) is 19.4 Å². The zero-order valence-electron chi connectivity index (χ0n) is 15.6. The van der Waals surface area contributed by atoms with Gasteiger partial charge in [-0.05, 0) is 55.8 Å². The lowest BCUT2D eigenvalue weighted by molar-refractivity contribution is 0.409. The maximum atomic E-state index is 14.6. The number of anilines is 3. The molecule has 1 aliphatic rings. The minimum atomic E-state index is -1.08. The smallest absolute Gasteiger partial charge is 0.184 e. The van der Waals surface area contributed by atoms with E-state index in [-0.39, 0.29) is 27.6 Å². The van der Waals surface area contributed by atoms with E-state index in [0.29, 0.717) is 0 Å². The van der Waals surface area contributed by atoms with E-state index in [1.165, 1.54) is 31.2 Å². The van der Waals surface area contributed by atoms with E-state index in [0.717, 1.165) is 37.3 Å². The van der Waals surface area contributed by atoms with E-state index >= 15 is 0 Å². The molecule has 0 aliphatic heterocycles. The molecule has 27 heavy (non-hydrogen) atoms. The normalized spacial score (nSPS) is 14.7. The van der Waals surface area contributed by atoms with Crippen LogP contribution in [0.25, 0.3) is 0 Å². The molecule has 1 saturated carbocycles. The van der Waals surface area contributed by atoms with Gasteiger partial charge in [0.15, 0.2) is 11.6 Å². The summed E-state index contributed by atoms with van der Waals surface area (Å²) in [5.41, 5.74) is 0.896. The molecule has 146 valence electrons. The summed E-state index contributed by atoms with van der Waals surface area (Å²) in [6, 6.07) is 5.52. The van der Waals surface area contributed by atoms with Gasteiger partial charge in [-0.2, -0.15) is 0 Å². The summed E-state index contributed by atoms with van der Waals surface area (Å²) in [5, 5.41) is 2.69. The quantitative estimate of drug-likeness (QED) is 0.495. The van der Waals surface area contributed by atoms with Gasteiger partial charge in [0.1, 0.15) is 22.9 Å². The molecule has 2 aromatic carbocycles. The van der Waals surface area contributed by atoms with Gasteiger partial charge >= 0.3 is 0 Å². The molecule has 1 aliphatic carbocycles. The van der Waals surface area contributed by atoms with Gasteiger partial charge in [-0.3, -0.25) is 0 Å². The number of hydrogen-bond donors (Lipinski definition) is 2. The van der Waals surface area contributed by atoms with Crippen LogP contribution in [0.2, 0.25) is 0 Å². The molecule has 3 rings (SSSR count).